The third-order valence-electron chi connectivity index (χ3n) is 7.86. The normalized spacial score (nSPS) is 24.0. The van der Waals surface area contributed by atoms with E-state index in [0.717, 1.165) is 38.0 Å². The second-order valence-electron chi connectivity index (χ2n) is 10.4. The van der Waals surface area contributed by atoms with Gasteiger partial charge in [0.25, 0.3) is 0 Å². The Hall–Kier alpha value is -3.37. The lowest BCUT2D eigenvalue weighted by Gasteiger charge is -2.27. The Bertz CT molecular complexity index is 1270. The SMILES string of the molecule is COc1cc2c(cc1Nc1ncc(Cl)c(N[C@H]3[C@@H](C(N)=O)[C@@H]4C=C[C@H]3C4)n1)CCN(CC(=O)N(C)C)CC2. The number of nitrogens with one attached hydrogen (secondary N) is 2. The van der Waals surface area contributed by atoms with Gasteiger partial charge in [0.05, 0.1) is 31.5 Å². The molecule has 2 heterocycles. The Balaban J connectivity index is 1.34. The molecule has 2 aliphatic carbocycles. The first-order valence-electron chi connectivity index (χ1n) is 12.9. The summed E-state index contributed by atoms with van der Waals surface area (Å²) in [5.74, 6) is 1.33. The zero-order valence-electron chi connectivity index (χ0n) is 21.9. The molecule has 38 heavy (non-hydrogen) atoms. The van der Waals surface area contributed by atoms with Gasteiger partial charge in [-0.3, -0.25) is 14.5 Å². The Labute approximate surface area is 227 Å². The minimum Gasteiger partial charge on any atom is -0.495 e. The molecule has 0 spiro atoms. The molecule has 1 saturated carbocycles. The summed E-state index contributed by atoms with van der Waals surface area (Å²) in [5, 5.41) is 7.02. The Morgan fingerprint density at radius 1 is 1.18 bits per heavy atom. The number of halogens is 1. The first-order chi connectivity index (χ1) is 18.2. The smallest absolute Gasteiger partial charge is 0.236 e. The number of likely N-dealkylation sites (N-methyl/N-ethyl adjacent to an activating group) is 1. The first kappa shape index (κ1) is 26.2. The van der Waals surface area contributed by atoms with Crippen molar-refractivity contribution in [2.24, 2.45) is 23.5 Å². The molecule has 10 nitrogen and oxygen atoms in total. The number of amides is 2. The Kier molecular flexibility index (Phi) is 7.45. The number of nitrogens with two attached hydrogens (primary N) is 1. The van der Waals surface area contributed by atoms with Crippen molar-refractivity contribution in [3.05, 3.63) is 46.6 Å². The number of allylic oxidation sites excluding steroid dienone is 1. The molecule has 2 bridgehead atoms. The zero-order valence-corrected chi connectivity index (χ0v) is 22.7. The molecular weight excluding hydrogens is 506 g/mol. The summed E-state index contributed by atoms with van der Waals surface area (Å²) >= 11 is 6.44. The van der Waals surface area contributed by atoms with E-state index >= 15 is 0 Å². The number of hydrogen-bond donors (Lipinski definition) is 3. The van der Waals surface area contributed by atoms with Gasteiger partial charge in [0, 0.05) is 33.2 Å². The van der Waals surface area contributed by atoms with Gasteiger partial charge in [0.1, 0.15) is 10.8 Å². The van der Waals surface area contributed by atoms with Crippen molar-refractivity contribution >= 4 is 40.9 Å². The van der Waals surface area contributed by atoms with Crippen molar-refractivity contribution < 1.29 is 14.3 Å². The third kappa shape index (κ3) is 5.28. The fourth-order valence-electron chi connectivity index (χ4n) is 5.77. The Morgan fingerprint density at radius 3 is 2.58 bits per heavy atom. The summed E-state index contributed by atoms with van der Waals surface area (Å²) in [5.41, 5.74) is 8.86. The number of ether oxygens (including phenoxy) is 1. The summed E-state index contributed by atoms with van der Waals surface area (Å²) in [4.78, 5) is 37.1. The summed E-state index contributed by atoms with van der Waals surface area (Å²) in [6, 6.07) is 3.95. The van der Waals surface area contributed by atoms with Crippen LogP contribution < -0.4 is 21.1 Å². The number of benzene rings is 1. The van der Waals surface area contributed by atoms with Gasteiger partial charge in [-0.1, -0.05) is 23.8 Å². The molecule has 1 fully saturated rings. The van der Waals surface area contributed by atoms with Crippen LogP contribution in [0.1, 0.15) is 17.5 Å². The summed E-state index contributed by atoms with van der Waals surface area (Å²) in [6.07, 6.45) is 8.29. The van der Waals surface area contributed by atoms with E-state index in [2.05, 4.69) is 43.7 Å². The minimum absolute atomic E-state index is 0.101. The second kappa shape index (κ2) is 10.8. The van der Waals surface area contributed by atoms with E-state index in [1.54, 1.807) is 26.1 Å². The lowest BCUT2D eigenvalue weighted by atomic mass is 9.88. The maximum atomic E-state index is 12.2. The lowest BCUT2D eigenvalue weighted by molar-refractivity contribution is -0.129. The van der Waals surface area contributed by atoms with Crippen molar-refractivity contribution in [3.63, 3.8) is 0 Å². The molecule has 11 heteroatoms. The van der Waals surface area contributed by atoms with Gasteiger partial charge < -0.3 is 26.0 Å². The molecule has 3 aliphatic rings. The van der Waals surface area contributed by atoms with Gasteiger partial charge in [-0.15, -0.1) is 0 Å². The van der Waals surface area contributed by atoms with Crippen molar-refractivity contribution in [3.8, 4) is 5.75 Å². The number of anilines is 3. The van der Waals surface area contributed by atoms with E-state index in [9.17, 15) is 9.59 Å². The lowest BCUT2D eigenvalue weighted by Crippen LogP contribution is -2.41. The number of nitrogens with zero attached hydrogens (tertiary/aromatic N) is 4. The van der Waals surface area contributed by atoms with Crippen LogP contribution in [0.5, 0.6) is 5.75 Å². The van der Waals surface area contributed by atoms with Gasteiger partial charge in [0.15, 0.2) is 5.82 Å². The molecule has 0 saturated heterocycles. The maximum absolute atomic E-state index is 12.2. The fraction of sp³-hybridized carbons (Fsp3) is 0.481. The molecule has 0 radical (unpaired) electrons. The molecule has 0 unspecified atom stereocenters. The molecule has 4 N–H and O–H groups in total. The van der Waals surface area contributed by atoms with Gasteiger partial charge in [0.2, 0.25) is 17.8 Å². The quantitative estimate of drug-likeness (QED) is 0.437. The molecule has 4 atom stereocenters. The average Bonchev–Trinajstić information content (AvgIpc) is 3.44. The fourth-order valence-corrected chi connectivity index (χ4v) is 5.92. The summed E-state index contributed by atoms with van der Waals surface area (Å²) < 4.78 is 5.69. The molecule has 1 aromatic carbocycles. The number of hydrogen-bond acceptors (Lipinski definition) is 8. The standard InChI is InChI=1S/C27H34ClN7O3/c1-34(2)22(36)14-35-8-6-15-11-20(21(38-3)12-16(15)7-9-35)31-27-30-13-19(28)26(33-27)32-24-18-5-4-17(10-18)23(24)25(29)37/h4-5,11-13,17-18,23-24H,6-10,14H2,1-3H3,(H2,29,37)(H2,30,31,32,33)/t17-,18+,23+,24-/m1/s1. The third-order valence-corrected chi connectivity index (χ3v) is 8.13. The number of methoxy groups -OCH3 is 1. The average molecular weight is 540 g/mol. The first-order valence-corrected chi connectivity index (χ1v) is 13.3. The Morgan fingerprint density at radius 2 is 1.89 bits per heavy atom. The molecule has 202 valence electrons. The predicted octanol–water partition coefficient (Wildman–Crippen LogP) is 2.46. The van der Waals surface area contributed by atoms with Gasteiger partial charge in [-0.2, -0.15) is 4.98 Å². The highest BCUT2D eigenvalue weighted by atomic mass is 35.5. The largest absolute Gasteiger partial charge is 0.495 e. The number of fused-ring (bicyclic) bond motifs is 3. The van der Waals surface area contributed by atoms with Crippen LogP contribution in [0, 0.1) is 17.8 Å². The van der Waals surface area contributed by atoms with Crippen LogP contribution in [0.4, 0.5) is 17.5 Å². The van der Waals surface area contributed by atoms with Crippen LogP contribution in [-0.4, -0.2) is 78.5 Å². The van der Waals surface area contributed by atoms with Crippen LogP contribution >= 0.6 is 11.6 Å². The van der Waals surface area contributed by atoms with Gasteiger partial charge in [-0.05, 0) is 54.4 Å². The van der Waals surface area contributed by atoms with E-state index in [0.29, 0.717) is 29.1 Å². The van der Waals surface area contributed by atoms with Gasteiger partial charge in [-0.25, -0.2) is 4.98 Å². The second-order valence-corrected chi connectivity index (χ2v) is 10.9. The molecule has 1 aliphatic heterocycles. The number of primary amides is 1. The number of carbonyl (C=O) groups excluding carboxylic acids is 2. The number of carbonyl (C=O) groups is 2. The van der Waals surface area contributed by atoms with Gasteiger partial charge >= 0.3 is 0 Å². The highest BCUT2D eigenvalue weighted by Crippen LogP contribution is 2.45. The van der Waals surface area contributed by atoms with Crippen LogP contribution in [0.2, 0.25) is 5.02 Å². The van der Waals surface area contributed by atoms with E-state index in [1.165, 1.54) is 17.3 Å². The minimum atomic E-state index is -0.317. The topological polar surface area (TPSA) is 126 Å². The van der Waals surface area contributed by atoms with Crippen LogP contribution in [-0.2, 0) is 22.4 Å². The molecule has 2 amide bonds. The summed E-state index contributed by atoms with van der Waals surface area (Å²) in [7, 11) is 5.19. The maximum Gasteiger partial charge on any atom is 0.236 e. The highest BCUT2D eigenvalue weighted by Gasteiger charge is 2.47. The molecule has 5 rings (SSSR count). The van der Waals surface area contributed by atoms with Crippen molar-refractivity contribution in [1.82, 2.24) is 19.8 Å². The molecule has 1 aromatic heterocycles. The highest BCUT2D eigenvalue weighted by molar-refractivity contribution is 6.32. The van der Waals surface area contributed by atoms with E-state index in [4.69, 9.17) is 22.1 Å². The zero-order chi connectivity index (χ0) is 27.0. The van der Waals surface area contributed by atoms with Crippen molar-refractivity contribution in [2.45, 2.75) is 25.3 Å². The molecule has 2 aromatic rings. The number of rotatable bonds is 8. The van der Waals surface area contributed by atoms with Crippen molar-refractivity contribution in [1.29, 1.82) is 0 Å². The predicted molar refractivity (Wildman–Crippen MR) is 147 cm³/mol. The van der Waals surface area contributed by atoms with Crippen LogP contribution in [0.3, 0.4) is 0 Å². The van der Waals surface area contributed by atoms with E-state index in [-0.39, 0.29) is 35.6 Å². The van der Waals surface area contributed by atoms with Crippen molar-refractivity contribution in [2.75, 3.05) is 51.5 Å². The monoisotopic (exact) mass is 539 g/mol. The van der Waals surface area contributed by atoms with E-state index in [1.807, 2.05) is 6.07 Å². The van der Waals surface area contributed by atoms with Crippen LogP contribution in [0.25, 0.3) is 0 Å². The summed E-state index contributed by atoms with van der Waals surface area (Å²) in [6.45, 7) is 2.01. The van der Waals surface area contributed by atoms with E-state index < -0.39 is 0 Å². The number of aromatic nitrogens is 2. The molecular formula is C27H34ClN7O3. The van der Waals surface area contributed by atoms with Crippen LogP contribution in [0.15, 0.2) is 30.5 Å².